The van der Waals surface area contributed by atoms with Crippen LogP contribution in [0.3, 0.4) is 0 Å². The van der Waals surface area contributed by atoms with Crippen molar-refractivity contribution in [1.82, 2.24) is 24.5 Å². The molecule has 4 heterocycles. The highest BCUT2D eigenvalue weighted by molar-refractivity contribution is 6.32. The third kappa shape index (κ3) is 4.97. The van der Waals surface area contributed by atoms with Crippen LogP contribution in [0, 0.1) is 0 Å². The lowest BCUT2D eigenvalue weighted by Crippen LogP contribution is -2.36. The predicted molar refractivity (Wildman–Crippen MR) is 135 cm³/mol. The van der Waals surface area contributed by atoms with Gasteiger partial charge in [-0.1, -0.05) is 24.2 Å². The zero-order chi connectivity index (χ0) is 24.2. The van der Waals surface area contributed by atoms with Crippen molar-refractivity contribution in [2.24, 2.45) is 0 Å². The quantitative estimate of drug-likeness (QED) is 0.369. The van der Waals surface area contributed by atoms with Gasteiger partial charge >= 0.3 is 0 Å². The number of likely N-dealkylation sites (tertiary alicyclic amines) is 1. The Morgan fingerprint density at radius 2 is 2.06 bits per heavy atom. The molecule has 0 spiro atoms. The molecule has 1 aromatic carbocycles. The molecule has 9 heteroatoms. The van der Waals surface area contributed by atoms with Crippen LogP contribution in [-0.2, 0) is 11.4 Å². The van der Waals surface area contributed by atoms with Gasteiger partial charge < -0.3 is 15.0 Å². The van der Waals surface area contributed by atoms with Gasteiger partial charge in [0.2, 0.25) is 5.91 Å². The molecule has 5 rings (SSSR count). The van der Waals surface area contributed by atoms with Crippen LogP contribution in [0.5, 0.6) is 5.75 Å². The van der Waals surface area contributed by atoms with Crippen molar-refractivity contribution in [2.75, 3.05) is 18.4 Å². The highest BCUT2D eigenvalue weighted by atomic mass is 35.5. The van der Waals surface area contributed by atoms with Crippen molar-refractivity contribution in [2.45, 2.75) is 25.4 Å². The maximum atomic E-state index is 11.9. The van der Waals surface area contributed by atoms with E-state index in [0.717, 1.165) is 29.7 Å². The van der Waals surface area contributed by atoms with Crippen LogP contribution in [0.1, 0.15) is 30.0 Å². The summed E-state index contributed by atoms with van der Waals surface area (Å²) in [6.45, 7) is 5.35. The van der Waals surface area contributed by atoms with E-state index in [4.69, 9.17) is 16.3 Å². The number of benzene rings is 1. The second-order valence-electron chi connectivity index (χ2n) is 8.36. The van der Waals surface area contributed by atoms with Gasteiger partial charge in [-0.25, -0.2) is 9.50 Å². The first-order valence-corrected chi connectivity index (χ1v) is 11.8. The number of carbonyl (C=O) groups excluding carboxylic acids is 1. The molecule has 35 heavy (non-hydrogen) atoms. The van der Waals surface area contributed by atoms with Crippen molar-refractivity contribution < 1.29 is 9.53 Å². The summed E-state index contributed by atoms with van der Waals surface area (Å²) in [5, 5.41) is 8.26. The zero-order valence-electron chi connectivity index (χ0n) is 19.1. The molecule has 1 aliphatic rings. The molecular weight excluding hydrogens is 464 g/mol. The summed E-state index contributed by atoms with van der Waals surface area (Å²) in [6, 6.07) is 13.3. The molecule has 1 amide bonds. The second-order valence-corrected chi connectivity index (χ2v) is 8.76. The first kappa shape index (κ1) is 22.9. The number of fused-ring (bicyclic) bond motifs is 1. The maximum Gasteiger partial charge on any atom is 0.245 e. The molecule has 178 valence electrons. The van der Waals surface area contributed by atoms with Crippen LogP contribution < -0.4 is 10.1 Å². The number of pyridine rings is 1. The molecule has 0 atom stereocenters. The number of hydrogen-bond acceptors (Lipinski definition) is 6. The molecule has 0 unspecified atom stereocenters. The Bertz CT molecular complexity index is 1350. The fraction of sp³-hybridized carbons (Fsp3) is 0.231. The van der Waals surface area contributed by atoms with Crippen molar-refractivity contribution in [1.29, 1.82) is 0 Å². The highest BCUT2D eigenvalue weighted by Crippen LogP contribution is 2.35. The Morgan fingerprint density at radius 1 is 1.20 bits per heavy atom. The van der Waals surface area contributed by atoms with E-state index in [9.17, 15) is 4.79 Å². The van der Waals surface area contributed by atoms with Gasteiger partial charge in [-0.15, -0.1) is 0 Å². The average molecular weight is 489 g/mol. The fourth-order valence-electron chi connectivity index (χ4n) is 4.41. The van der Waals surface area contributed by atoms with Crippen LogP contribution >= 0.6 is 11.6 Å². The van der Waals surface area contributed by atoms with Crippen molar-refractivity contribution in [3.8, 4) is 5.75 Å². The van der Waals surface area contributed by atoms with Crippen molar-refractivity contribution in [3.63, 3.8) is 0 Å². The van der Waals surface area contributed by atoms with Gasteiger partial charge in [0.25, 0.3) is 0 Å². The molecule has 0 aliphatic carbocycles. The third-order valence-electron chi connectivity index (χ3n) is 6.20. The lowest BCUT2D eigenvalue weighted by molar-refractivity contribution is -0.127. The van der Waals surface area contributed by atoms with E-state index in [1.54, 1.807) is 6.20 Å². The molecule has 4 aromatic rings. The lowest BCUT2D eigenvalue weighted by atomic mass is 9.90. The van der Waals surface area contributed by atoms with E-state index in [-0.39, 0.29) is 5.91 Å². The third-order valence-corrected chi connectivity index (χ3v) is 6.50. The van der Waals surface area contributed by atoms with Crippen molar-refractivity contribution in [3.05, 3.63) is 90.1 Å². The molecule has 0 bridgehead atoms. The summed E-state index contributed by atoms with van der Waals surface area (Å²) < 4.78 is 7.66. The van der Waals surface area contributed by atoms with E-state index in [2.05, 4.69) is 33.0 Å². The Labute approximate surface area is 208 Å². The van der Waals surface area contributed by atoms with Crippen LogP contribution in [0.15, 0.2) is 73.8 Å². The van der Waals surface area contributed by atoms with E-state index < -0.39 is 0 Å². The number of nitrogens with one attached hydrogen (secondary N) is 1. The number of nitrogens with zero attached hydrogens (tertiary/aromatic N) is 5. The van der Waals surface area contributed by atoms with Crippen LogP contribution in [0.25, 0.3) is 5.52 Å². The largest absolute Gasteiger partial charge is 0.486 e. The van der Waals surface area contributed by atoms with E-state index in [1.807, 2.05) is 52.0 Å². The van der Waals surface area contributed by atoms with Gasteiger partial charge in [0.1, 0.15) is 24.2 Å². The van der Waals surface area contributed by atoms with E-state index in [0.29, 0.717) is 42.2 Å². The van der Waals surface area contributed by atoms with E-state index >= 15 is 0 Å². The monoisotopic (exact) mass is 488 g/mol. The summed E-state index contributed by atoms with van der Waals surface area (Å²) in [4.78, 5) is 22.6. The molecular formula is C26H25ClN6O2. The summed E-state index contributed by atoms with van der Waals surface area (Å²) in [6.07, 6.45) is 8.33. The Morgan fingerprint density at radius 3 is 2.80 bits per heavy atom. The molecule has 0 radical (unpaired) electrons. The van der Waals surface area contributed by atoms with Crippen LogP contribution in [-0.4, -0.2) is 43.5 Å². The molecule has 1 aliphatic heterocycles. The van der Waals surface area contributed by atoms with Crippen LogP contribution in [0.2, 0.25) is 5.02 Å². The number of anilines is 2. The molecule has 8 nitrogen and oxygen atoms in total. The Hall–Kier alpha value is -3.91. The number of halogens is 1. The smallest absolute Gasteiger partial charge is 0.245 e. The van der Waals surface area contributed by atoms with Gasteiger partial charge in [0.05, 0.1) is 10.7 Å². The number of ether oxygens (including phenoxy) is 1. The number of piperidine rings is 1. The first-order chi connectivity index (χ1) is 17.1. The first-order valence-electron chi connectivity index (χ1n) is 11.4. The van der Waals surface area contributed by atoms with Crippen LogP contribution in [0.4, 0.5) is 11.5 Å². The molecule has 1 fully saturated rings. The number of amides is 1. The summed E-state index contributed by atoms with van der Waals surface area (Å²) in [5.41, 5.74) is 3.71. The highest BCUT2D eigenvalue weighted by Gasteiger charge is 2.25. The molecule has 1 saturated heterocycles. The maximum absolute atomic E-state index is 11.9. The minimum Gasteiger partial charge on any atom is -0.486 e. The minimum atomic E-state index is -0.0137. The topological polar surface area (TPSA) is 84.7 Å². The minimum absolute atomic E-state index is 0.0137. The van der Waals surface area contributed by atoms with Gasteiger partial charge in [-0.05, 0) is 66.8 Å². The van der Waals surface area contributed by atoms with Gasteiger partial charge in [-0.3, -0.25) is 9.78 Å². The SMILES string of the molecule is C=CC(=O)N1CCC(c2ccn3ncnc(Nc4ccc(OCc5ccccn5)c(Cl)c4)c23)CC1. The number of aromatic nitrogens is 4. The lowest BCUT2D eigenvalue weighted by Gasteiger charge is -2.31. The number of hydrogen-bond donors (Lipinski definition) is 1. The summed E-state index contributed by atoms with van der Waals surface area (Å²) in [5.74, 6) is 1.58. The standard InChI is InChI=1S/C26H25ClN6O2/c1-2-24(34)32-12-8-18(9-13-32)21-10-14-33-25(21)26(29-17-30-33)31-19-6-7-23(22(27)15-19)35-16-20-5-3-4-11-28-20/h2-7,10-11,14-15,17-18H,1,8-9,12-13,16H2,(H,29,30,31). The second kappa shape index (κ2) is 10.1. The number of carbonyl (C=O) groups is 1. The van der Waals surface area contributed by atoms with E-state index in [1.165, 1.54) is 18.0 Å². The Kier molecular flexibility index (Phi) is 6.63. The van der Waals surface area contributed by atoms with Gasteiger partial charge in [0, 0.05) is 31.2 Å². The average Bonchev–Trinajstić information content (AvgIpc) is 3.34. The summed E-state index contributed by atoms with van der Waals surface area (Å²) >= 11 is 6.50. The fourth-order valence-corrected chi connectivity index (χ4v) is 4.64. The molecule has 0 saturated carbocycles. The predicted octanol–water partition coefficient (Wildman–Crippen LogP) is 4.99. The van der Waals surface area contributed by atoms with Crippen molar-refractivity contribution >= 4 is 34.5 Å². The van der Waals surface area contributed by atoms with Gasteiger partial charge in [0.15, 0.2) is 5.82 Å². The normalized spacial score (nSPS) is 14.1. The van der Waals surface area contributed by atoms with Gasteiger partial charge in [-0.2, -0.15) is 5.10 Å². The zero-order valence-corrected chi connectivity index (χ0v) is 19.9. The molecule has 3 aromatic heterocycles. The Balaban J connectivity index is 1.33. The summed E-state index contributed by atoms with van der Waals surface area (Å²) in [7, 11) is 0. The molecule has 1 N–H and O–H groups in total. The number of rotatable bonds is 7.